The van der Waals surface area contributed by atoms with Gasteiger partial charge < -0.3 is 5.11 Å². The normalized spacial score (nSPS) is 11.7. The van der Waals surface area contributed by atoms with Crippen LogP contribution in [0.3, 0.4) is 0 Å². The van der Waals surface area contributed by atoms with Crippen LogP contribution < -0.4 is 0 Å². The third-order valence-corrected chi connectivity index (χ3v) is 1.29. The summed E-state index contributed by atoms with van der Waals surface area (Å²) in [6.07, 6.45) is 0.522. The van der Waals surface area contributed by atoms with Crippen LogP contribution in [0, 0.1) is 5.39 Å². The molecule has 0 aliphatic rings. The number of hydrogen-bond acceptors (Lipinski definition) is 3. The maximum atomic E-state index is 10.9. The number of allylic oxidation sites excluding steroid dienone is 2. The first-order chi connectivity index (χ1) is 5.17. The van der Waals surface area contributed by atoms with Crippen molar-refractivity contribution >= 4 is 5.78 Å². The Hall–Kier alpha value is -1.37. The standard InChI is InChI=1S/C7H10N2O2/c1-3-5(10)7(9-8)6(11)4-2/h3-4H2,1-2H3/p+1. The van der Waals surface area contributed by atoms with Crippen molar-refractivity contribution in [2.45, 2.75) is 26.7 Å². The molecule has 0 aromatic carbocycles. The largest absolute Gasteiger partial charge is 0.505 e. The molecule has 0 aromatic heterocycles. The van der Waals surface area contributed by atoms with Crippen LogP contribution in [0.1, 0.15) is 26.7 Å². The zero-order valence-electron chi connectivity index (χ0n) is 6.66. The molecule has 0 aliphatic carbocycles. The topological polar surface area (TPSA) is 65.5 Å². The van der Waals surface area contributed by atoms with Gasteiger partial charge in [-0.15, -0.1) is 0 Å². The van der Waals surface area contributed by atoms with Gasteiger partial charge in [0.15, 0.2) is 10.7 Å². The van der Waals surface area contributed by atoms with Gasteiger partial charge >= 0.3 is 5.70 Å². The van der Waals surface area contributed by atoms with Crippen molar-refractivity contribution in [2.75, 3.05) is 0 Å². The van der Waals surface area contributed by atoms with E-state index in [4.69, 9.17) is 10.5 Å². The summed E-state index contributed by atoms with van der Waals surface area (Å²) >= 11 is 0. The van der Waals surface area contributed by atoms with E-state index < -0.39 is 0 Å². The Kier molecular flexibility index (Phi) is 3.89. The van der Waals surface area contributed by atoms with Crippen LogP contribution in [0.4, 0.5) is 0 Å². The summed E-state index contributed by atoms with van der Waals surface area (Å²) < 4.78 is 0. The average molecular weight is 155 g/mol. The van der Waals surface area contributed by atoms with E-state index in [9.17, 15) is 4.79 Å². The molecule has 0 atom stereocenters. The first-order valence-corrected chi connectivity index (χ1v) is 3.47. The lowest BCUT2D eigenvalue weighted by Gasteiger charge is -1.87. The molecule has 4 heteroatoms. The van der Waals surface area contributed by atoms with E-state index in [1.165, 1.54) is 0 Å². The van der Waals surface area contributed by atoms with Crippen molar-refractivity contribution in [3.05, 3.63) is 16.4 Å². The van der Waals surface area contributed by atoms with E-state index >= 15 is 0 Å². The lowest BCUT2D eigenvalue weighted by molar-refractivity contribution is -0.115. The van der Waals surface area contributed by atoms with Crippen LogP contribution in [0.5, 0.6) is 0 Å². The molecule has 11 heavy (non-hydrogen) atoms. The Bertz CT molecular complexity index is 225. The summed E-state index contributed by atoms with van der Waals surface area (Å²) in [7, 11) is 0. The fraction of sp³-hybridized carbons (Fsp3) is 0.571. The van der Waals surface area contributed by atoms with Crippen molar-refractivity contribution in [1.29, 1.82) is 5.39 Å². The second kappa shape index (κ2) is 4.45. The van der Waals surface area contributed by atoms with Gasteiger partial charge in [0.05, 0.1) is 0 Å². The molecule has 0 saturated carbocycles. The summed E-state index contributed by atoms with van der Waals surface area (Å²) in [5.41, 5.74) is -0.227. The number of carbonyl (C=O) groups is 1. The fourth-order valence-corrected chi connectivity index (χ4v) is 0.609. The monoisotopic (exact) mass is 155 g/mol. The second-order valence-electron chi connectivity index (χ2n) is 2.03. The van der Waals surface area contributed by atoms with Gasteiger partial charge in [-0.2, -0.15) is 0 Å². The van der Waals surface area contributed by atoms with E-state index in [-0.39, 0.29) is 23.7 Å². The van der Waals surface area contributed by atoms with Crippen LogP contribution in [-0.2, 0) is 4.79 Å². The smallest absolute Gasteiger partial charge is 0.463 e. The molecule has 1 N–H and O–H groups in total. The lowest BCUT2D eigenvalue weighted by Crippen LogP contribution is -2.00. The van der Waals surface area contributed by atoms with Gasteiger partial charge in [-0.1, -0.05) is 13.8 Å². The number of carbonyl (C=O) groups excluding carboxylic acids is 1. The minimum absolute atomic E-state index is 0.167. The molecule has 0 radical (unpaired) electrons. The van der Waals surface area contributed by atoms with E-state index in [0.29, 0.717) is 6.42 Å². The minimum Gasteiger partial charge on any atom is -0.505 e. The summed E-state index contributed by atoms with van der Waals surface area (Å²) in [6.45, 7) is 3.31. The molecule has 0 aromatic rings. The Labute approximate surface area is 65.2 Å². The lowest BCUT2D eigenvalue weighted by atomic mass is 10.2. The molecular weight excluding hydrogens is 144 g/mol. The molecule has 0 rings (SSSR count). The van der Waals surface area contributed by atoms with Gasteiger partial charge in [-0.05, 0) is 0 Å². The fourth-order valence-electron chi connectivity index (χ4n) is 0.609. The van der Waals surface area contributed by atoms with Gasteiger partial charge in [0.2, 0.25) is 5.39 Å². The molecule has 0 heterocycles. The molecular formula is C7H11N2O2+. The highest BCUT2D eigenvalue weighted by Crippen LogP contribution is 2.09. The maximum Gasteiger partial charge on any atom is 0.463 e. The predicted octanol–water partition coefficient (Wildman–Crippen LogP) is 2.00. The summed E-state index contributed by atoms with van der Waals surface area (Å²) in [5.74, 6) is -0.522. The van der Waals surface area contributed by atoms with Crippen molar-refractivity contribution in [2.24, 2.45) is 0 Å². The van der Waals surface area contributed by atoms with E-state index in [1.807, 2.05) is 0 Å². The second-order valence-corrected chi connectivity index (χ2v) is 2.03. The van der Waals surface area contributed by atoms with Gasteiger partial charge in [-0.25, -0.2) is 0 Å². The van der Waals surface area contributed by atoms with Crippen LogP contribution in [-0.4, -0.2) is 10.9 Å². The van der Waals surface area contributed by atoms with E-state index in [1.54, 1.807) is 13.8 Å². The summed E-state index contributed by atoms with van der Waals surface area (Å²) in [4.78, 5) is 13.6. The number of aliphatic hydroxyl groups excluding tert-OH is 1. The number of nitrogens with zero attached hydrogens (tertiary/aromatic N) is 2. The number of rotatable bonds is 3. The number of diazo groups is 1. The van der Waals surface area contributed by atoms with Crippen molar-refractivity contribution in [1.82, 2.24) is 0 Å². The summed E-state index contributed by atoms with van der Waals surface area (Å²) in [6, 6.07) is 0. The molecule has 0 unspecified atom stereocenters. The molecule has 0 aliphatic heterocycles. The summed E-state index contributed by atoms with van der Waals surface area (Å²) in [5, 5.41) is 17.3. The Morgan fingerprint density at radius 3 is 2.27 bits per heavy atom. The predicted molar refractivity (Wildman–Crippen MR) is 40.3 cm³/mol. The van der Waals surface area contributed by atoms with E-state index in [0.717, 1.165) is 0 Å². The van der Waals surface area contributed by atoms with Crippen molar-refractivity contribution in [3.63, 3.8) is 0 Å². The first-order valence-electron chi connectivity index (χ1n) is 3.47. The van der Waals surface area contributed by atoms with Crippen molar-refractivity contribution < 1.29 is 9.90 Å². The first kappa shape index (κ1) is 9.63. The average Bonchev–Trinajstić information content (AvgIpc) is 2.05. The molecule has 0 saturated heterocycles. The number of aliphatic hydroxyl groups is 1. The SMILES string of the molecule is CCC(=O)/C([N+]#N)=C(/O)CC. The zero-order chi connectivity index (χ0) is 8.85. The van der Waals surface area contributed by atoms with Gasteiger partial charge in [0.1, 0.15) is 0 Å². The van der Waals surface area contributed by atoms with Crippen molar-refractivity contribution in [3.8, 4) is 0 Å². The third kappa shape index (κ3) is 2.38. The molecule has 0 fully saturated rings. The highest BCUT2D eigenvalue weighted by Gasteiger charge is 2.25. The highest BCUT2D eigenvalue weighted by molar-refractivity contribution is 5.96. The van der Waals surface area contributed by atoms with Crippen LogP contribution in [0.2, 0.25) is 0 Å². The molecule has 0 spiro atoms. The number of Topliss-reactive ketones (excluding diaryl/α,β-unsaturated/α-hetero) is 1. The van der Waals surface area contributed by atoms with Gasteiger partial charge in [0, 0.05) is 12.8 Å². The van der Waals surface area contributed by atoms with Crippen LogP contribution in [0.15, 0.2) is 11.5 Å². The molecule has 0 bridgehead atoms. The third-order valence-electron chi connectivity index (χ3n) is 1.29. The maximum absolute atomic E-state index is 10.9. The zero-order valence-corrected chi connectivity index (χ0v) is 6.66. The Balaban J connectivity index is 4.69. The van der Waals surface area contributed by atoms with Gasteiger partial charge in [-0.3, -0.25) is 4.79 Å². The Morgan fingerprint density at radius 2 is 2.00 bits per heavy atom. The minimum atomic E-state index is -0.355. The molecule has 0 amide bonds. The quantitative estimate of drug-likeness (QED) is 0.385. The van der Waals surface area contributed by atoms with Crippen LogP contribution >= 0.6 is 0 Å². The Morgan fingerprint density at radius 1 is 1.45 bits per heavy atom. The highest BCUT2D eigenvalue weighted by atomic mass is 16.3. The number of ketones is 1. The molecule has 4 nitrogen and oxygen atoms in total. The van der Waals surface area contributed by atoms with Gasteiger partial charge in [0.25, 0.3) is 5.78 Å². The number of hydrogen-bond donors (Lipinski definition) is 1. The molecule has 60 valence electrons. The van der Waals surface area contributed by atoms with E-state index in [2.05, 4.69) is 4.98 Å². The van der Waals surface area contributed by atoms with Crippen LogP contribution in [0.25, 0.3) is 4.98 Å².